The predicted octanol–water partition coefficient (Wildman–Crippen LogP) is 1.19. The normalized spacial score (nSPS) is 9.64. The van der Waals surface area contributed by atoms with E-state index in [4.69, 9.17) is 4.42 Å². The molecule has 0 atom stereocenters. The lowest BCUT2D eigenvalue weighted by atomic mass is 10.4. The minimum absolute atomic E-state index is 0.220. The molecular weight excluding hydrogens is 212 g/mol. The Hall–Kier alpha value is -0.840. The molecule has 1 heterocycles. The van der Waals surface area contributed by atoms with Gasteiger partial charge in [0.1, 0.15) is 6.26 Å². The average Bonchev–Trinajstić information content (AvgIpc) is 2.36. The van der Waals surface area contributed by atoms with Crippen LogP contribution in [0.3, 0.4) is 0 Å². The second-order valence-electron chi connectivity index (χ2n) is 1.85. The fourth-order valence-electron chi connectivity index (χ4n) is 0.607. The Labute approximate surface area is 72.1 Å². The number of nitrogens with zero attached hydrogens (tertiary/aromatic N) is 1. The zero-order valence-electron chi connectivity index (χ0n) is 5.93. The molecule has 4 nitrogen and oxygen atoms in total. The molecule has 0 aromatic carbocycles. The monoisotopic (exact) mass is 218 g/mol. The molecular formula is C6H7BrN2O2. The molecule has 1 aromatic heterocycles. The molecule has 60 valence electrons. The number of rotatable bonds is 2. The fraction of sp³-hybridized carbons (Fsp3) is 0.333. The Bertz CT molecular complexity index is 259. The van der Waals surface area contributed by atoms with Gasteiger partial charge in [-0.15, -0.1) is 0 Å². The molecule has 1 amide bonds. The van der Waals surface area contributed by atoms with E-state index in [0.717, 1.165) is 0 Å². The van der Waals surface area contributed by atoms with Gasteiger partial charge in [-0.2, -0.15) is 4.98 Å². The number of carbonyl (C=O) groups excluding carboxylic acids is 1. The Balaban J connectivity index is 2.69. The van der Waals surface area contributed by atoms with Gasteiger partial charge in [-0.1, -0.05) is 0 Å². The maximum absolute atomic E-state index is 11.0. The van der Waals surface area contributed by atoms with Crippen molar-refractivity contribution in [2.24, 2.45) is 0 Å². The van der Waals surface area contributed by atoms with E-state index >= 15 is 0 Å². The number of nitrogens with one attached hydrogen (secondary N) is 1. The first-order valence-corrected chi connectivity index (χ1v) is 3.92. The van der Waals surface area contributed by atoms with Gasteiger partial charge in [0.25, 0.3) is 10.7 Å². The SMILES string of the molecule is CCNC(=O)c1coc(Br)n1. The summed E-state index contributed by atoms with van der Waals surface area (Å²) in [5.74, 6) is -0.220. The van der Waals surface area contributed by atoms with Crippen molar-refractivity contribution < 1.29 is 9.21 Å². The lowest BCUT2D eigenvalue weighted by Crippen LogP contribution is -2.22. The summed E-state index contributed by atoms with van der Waals surface area (Å²) < 4.78 is 4.78. The molecule has 0 saturated carbocycles. The van der Waals surface area contributed by atoms with Crippen LogP contribution in [0.2, 0.25) is 0 Å². The van der Waals surface area contributed by atoms with Crippen LogP contribution in [0.25, 0.3) is 0 Å². The van der Waals surface area contributed by atoms with E-state index in [-0.39, 0.29) is 5.91 Å². The summed E-state index contributed by atoms with van der Waals surface area (Å²) in [7, 11) is 0. The van der Waals surface area contributed by atoms with Crippen LogP contribution in [0.15, 0.2) is 15.5 Å². The van der Waals surface area contributed by atoms with Crippen LogP contribution < -0.4 is 5.32 Å². The van der Waals surface area contributed by atoms with Crippen LogP contribution in [-0.4, -0.2) is 17.4 Å². The third-order valence-electron chi connectivity index (χ3n) is 1.05. The zero-order chi connectivity index (χ0) is 8.27. The minimum Gasteiger partial charge on any atom is -0.439 e. The summed E-state index contributed by atoms with van der Waals surface area (Å²) in [6.45, 7) is 2.43. The van der Waals surface area contributed by atoms with E-state index in [1.165, 1.54) is 6.26 Å². The van der Waals surface area contributed by atoms with Crippen molar-refractivity contribution in [3.63, 3.8) is 0 Å². The van der Waals surface area contributed by atoms with Gasteiger partial charge in [0.05, 0.1) is 0 Å². The summed E-state index contributed by atoms with van der Waals surface area (Å²) >= 11 is 2.99. The largest absolute Gasteiger partial charge is 0.439 e. The number of hydrogen-bond acceptors (Lipinski definition) is 3. The van der Waals surface area contributed by atoms with Crippen LogP contribution in [0.5, 0.6) is 0 Å². The summed E-state index contributed by atoms with van der Waals surface area (Å²) in [4.78, 5) is 15.1. The lowest BCUT2D eigenvalue weighted by molar-refractivity contribution is 0.0951. The number of halogens is 1. The molecule has 0 fully saturated rings. The zero-order valence-corrected chi connectivity index (χ0v) is 7.51. The van der Waals surface area contributed by atoms with Crippen molar-refractivity contribution in [3.8, 4) is 0 Å². The van der Waals surface area contributed by atoms with Crippen LogP contribution in [0, 0.1) is 0 Å². The van der Waals surface area contributed by atoms with E-state index < -0.39 is 0 Å². The molecule has 0 bridgehead atoms. The van der Waals surface area contributed by atoms with Gasteiger partial charge >= 0.3 is 0 Å². The third-order valence-corrected chi connectivity index (χ3v) is 1.41. The molecule has 1 N–H and O–H groups in total. The molecule has 0 spiro atoms. The maximum Gasteiger partial charge on any atom is 0.273 e. The van der Waals surface area contributed by atoms with Gasteiger partial charge in [-0.3, -0.25) is 4.79 Å². The maximum atomic E-state index is 11.0. The van der Waals surface area contributed by atoms with Crippen LogP contribution >= 0.6 is 15.9 Å². The van der Waals surface area contributed by atoms with Crippen molar-refractivity contribution in [2.45, 2.75) is 6.92 Å². The van der Waals surface area contributed by atoms with Crippen molar-refractivity contribution in [2.75, 3.05) is 6.54 Å². The van der Waals surface area contributed by atoms with Gasteiger partial charge in [-0.25, -0.2) is 0 Å². The Kier molecular flexibility index (Phi) is 2.64. The molecule has 1 rings (SSSR count). The molecule has 5 heteroatoms. The highest BCUT2D eigenvalue weighted by atomic mass is 79.9. The van der Waals surface area contributed by atoms with E-state index in [1.54, 1.807) is 0 Å². The highest BCUT2D eigenvalue weighted by Crippen LogP contribution is 2.07. The van der Waals surface area contributed by atoms with Crippen LogP contribution in [-0.2, 0) is 0 Å². The first-order valence-electron chi connectivity index (χ1n) is 3.13. The summed E-state index contributed by atoms with van der Waals surface area (Å²) in [6.07, 6.45) is 1.30. The van der Waals surface area contributed by atoms with E-state index in [9.17, 15) is 4.79 Å². The molecule has 1 aromatic rings. The number of oxazole rings is 1. The van der Waals surface area contributed by atoms with E-state index in [2.05, 4.69) is 26.2 Å². The second-order valence-corrected chi connectivity index (χ2v) is 2.52. The highest BCUT2D eigenvalue weighted by molar-refractivity contribution is 9.10. The van der Waals surface area contributed by atoms with Gasteiger partial charge in [0, 0.05) is 22.5 Å². The molecule has 0 aliphatic rings. The van der Waals surface area contributed by atoms with Gasteiger partial charge < -0.3 is 9.73 Å². The van der Waals surface area contributed by atoms with Crippen molar-refractivity contribution in [1.82, 2.24) is 10.3 Å². The number of carbonyl (C=O) groups is 1. The Morgan fingerprint density at radius 3 is 3.09 bits per heavy atom. The van der Waals surface area contributed by atoms with Gasteiger partial charge in [0.15, 0.2) is 5.69 Å². The molecule has 0 aliphatic heterocycles. The van der Waals surface area contributed by atoms with E-state index in [0.29, 0.717) is 17.0 Å². The summed E-state index contributed by atoms with van der Waals surface area (Å²) in [5, 5.41) is 2.59. The van der Waals surface area contributed by atoms with Crippen LogP contribution in [0.4, 0.5) is 0 Å². The predicted molar refractivity (Wildman–Crippen MR) is 42.2 cm³/mol. The van der Waals surface area contributed by atoms with E-state index in [1.807, 2.05) is 6.92 Å². The first kappa shape index (κ1) is 8.26. The van der Waals surface area contributed by atoms with Gasteiger partial charge in [0.2, 0.25) is 0 Å². The summed E-state index contributed by atoms with van der Waals surface area (Å²) in [5.41, 5.74) is 0.290. The number of aromatic nitrogens is 1. The molecule has 11 heavy (non-hydrogen) atoms. The van der Waals surface area contributed by atoms with Crippen molar-refractivity contribution in [3.05, 3.63) is 16.8 Å². The Morgan fingerprint density at radius 1 is 1.91 bits per heavy atom. The molecule has 0 saturated heterocycles. The third kappa shape index (κ3) is 2.04. The fourth-order valence-corrected chi connectivity index (χ4v) is 0.892. The topological polar surface area (TPSA) is 55.1 Å². The standard InChI is InChI=1S/C6H7BrN2O2/c1-2-8-5(10)4-3-11-6(7)9-4/h3H,2H2,1H3,(H,8,10). The van der Waals surface area contributed by atoms with Crippen molar-refractivity contribution >= 4 is 21.8 Å². The summed E-state index contributed by atoms with van der Waals surface area (Å²) in [6, 6.07) is 0. The smallest absolute Gasteiger partial charge is 0.273 e. The first-order chi connectivity index (χ1) is 5.24. The van der Waals surface area contributed by atoms with Crippen LogP contribution in [0.1, 0.15) is 17.4 Å². The highest BCUT2D eigenvalue weighted by Gasteiger charge is 2.08. The molecule has 0 aliphatic carbocycles. The molecule has 0 unspecified atom stereocenters. The number of hydrogen-bond donors (Lipinski definition) is 1. The quantitative estimate of drug-likeness (QED) is 0.812. The average molecular weight is 219 g/mol. The van der Waals surface area contributed by atoms with Gasteiger partial charge in [-0.05, 0) is 6.92 Å². The molecule has 0 radical (unpaired) electrons. The Morgan fingerprint density at radius 2 is 2.64 bits per heavy atom. The second kappa shape index (κ2) is 3.52. The number of amides is 1. The lowest BCUT2D eigenvalue weighted by Gasteiger charge is -1.94. The van der Waals surface area contributed by atoms with Crippen molar-refractivity contribution in [1.29, 1.82) is 0 Å². The minimum atomic E-state index is -0.220.